The van der Waals surface area contributed by atoms with Crippen molar-refractivity contribution < 1.29 is 18.8 Å². The second-order valence-corrected chi connectivity index (χ2v) is 9.89. The molecule has 1 aliphatic heterocycles. The minimum absolute atomic E-state index is 0.0464. The minimum atomic E-state index is -0.594. The standard InChI is InChI=1S/C30H25ClFN5O3/c31-26-14-20(32)9-10-23(26)17-5-7-18(8-6-17)30(40)37-12-11-21(16-37)36-29(39)25-13-19(15-35-27(25)33)22-3-1-2-4-24(22)28(34)38/h1-10,13-15,21H,11-12,16H2,(H2,33,35)(H2,34,38)(H,36,39)/t21-/m1/s1. The van der Waals surface area contributed by atoms with Gasteiger partial charge >= 0.3 is 0 Å². The molecule has 0 radical (unpaired) electrons. The lowest BCUT2D eigenvalue weighted by molar-refractivity contribution is 0.0783. The summed E-state index contributed by atoms with van der Waals surface area (Å²) in [5.74, 6) is -1.56. The highest BCUT2D eigenvalue weighted by atomic mass is 35.5. The quantitative estimate of drug-likeness (QED) is 0.320. The number of nitrogens with two attached hydrogens (primary N) is 2. The molecule has 1 fully saturated rings. The van der Waals surface area contributed by atoms with Gasteiger partial charge in [0, 0.05) is 47.6 Å². The van der Waals surface area contributed by atoms with Gasteiger partial charge in [-0.05, 0) is 60.0 Å². The molecule has 202 valence electrons. The summed E-state index contributed by atoms with van der Waals surface area (Å²) in [5, 5.41) is 3.23. The fraction of sp³-hybridized carbons (Fsp3) is 0.133. The summed E-state index contributed by atoms with van der Waals surface area (Å²) in [6, 6.07) is 19.2. The van der Waals surface area contributed by atoms with E-state index in [0.29, 0.717) is 47.3 Å². The predicted octanol–water partition coefficient (Wildman–Crippen LogP) is 4.53. The number of anilines is 1. The first-order chi connectivity index (χ1) is 19.2. The molecule has 5 N–H and O–H groups in total. The van der Waals surface area contributed by atoms with Crippen LogP contribution in [0.1, 0.15) is 37.5 Å². The number of nitrogens with one attached hydrogen (secondary N) is 1. The summed E-state index contributed by atoms with van der Waals surface area (Å²) in [4.78, 5) is 43.9. The Morgan fingerprint density at radius 1 is 0.950 bits per heavy atom. The number of primary amides is 1. The molecule has 0 aliphatic carbocycles. The highest BCUT2D eigenvalue weighted by molar-refractivity contribution is 6.33. The zero-order chi connectivity index (χ0) is 28.4. The molecule has 0 saturated carbocycles. The third-order valence-corrected chi connectivity index (χ3v) is 7.16. The van der Waals surface area contributed by atoms with Crippen molar-refractivity contribution in [1.29, 1.82) is 0 Å². The van der Waals surface area contributed by atoms with Crippen molar-refractivity contribution >= 4 is 35.1 Å². The Hall–Kier alpha value is -4.76. The molecule has 0 unspecified atom stereocenters. The maximum Gasteiger partial charge on any atom is 0.255 e. The normalized spacial score (nSPS) is 14.7. The Kier molecular flexibility index (Phi) is 7.48. The van der Waals surface area contributed by atoms with Crippen LogP contribution in [0.3, 0.4) is 0 Å². The molecule has 1 aromatic heterocycles. The van der Waals surface area contributed by atoms with E-state index in [9.17, 15) is 18.8 Å². The van der Waals surface area contributed by atoms with E-state index < -0.39 is 17.6 Å². The van der Waals surface area contributed by atoms with Gasteiger partial charge in [0.05, 0.1) is 10.6 Å². The van der Waals surface area contributed by atoms with E-state index in [-0.39, 0.29) is 28.4 Å². The van der Waals surface area contributed by atoms with E-state index >= 15 is 0 Å². The molecule has 1 aliphatic rings. The molecule has 2 heterocycles. The van der Waals surface area contributed by atoms with E-state index in [2.05, 4.69) is 10.3 Å². The minimum Gasteiger partial charge on any atom is -0.383 e. The number of carbonyl (C=O) groups excluding carboxylic acids is 3. The van der Waals surface area contributed by atoms with Crippen LogP contribution >= 0.6 is 11.6 Å². The highest BCUT2D eigenvalue weighted by Gasteiger charge is 2.29. The number of halogens is 2. The zero-order valence-corrected chi connectivity index (χ0v) is 22.0. The van der Waals surface area contributed by atoms with Crippen molar-refractivity contribution in [3.63, 3.8) is 0 Å². The van der Waals surface area contributed by atoms with Crippen molar-refractivity contribution in [3.05, 3.63) is 107 Å². The van der Waals surface area contributed by atoms with E-state index in [1.54, 1.807) is 65.6 Å². The predicted molar refractivity (Wildman–Crippen MR) is 151 cm³/mol. The van der Waals surface area contributed by atoms with Gasteiger partial charge in [0.15, 0.2) is 0 Å². The van der Waals surface area contributed by atoms with Crippen LogP contribution in [0.5, 0.6) is 0 Å². The monoisotopic (exact) mass is 557 g/mol. The lowest BCUT2D eigenvalue weighted by Crippen LogP contribution is -2.38. The first-order valence-electron chi connectivity index (χ1n) is 12.5. The lowest BCUT2D eigenvalue weighted by atomic mass is 9.99. The molecule has 40 heavy (non-hydrogen) atoms. The zero-order valence-electron chi connectivity index (χ0n) is 21.2. The van der Waals surface area contributed by atoms with E-state index in [0.717, 1.165) is 5.56 Å². The van der Waals surface area contributed by atoms with Crippen molar-refractivity contribution in [3.8, 4) is 22.3 Å². The van der Waals surface area contributed by atoms with Crippen LogP contribution < -0.4 is 16.8 Å². The Morgan fingerprint density at radius 3 is 2.42 bits per heavy atom. The molecule has 5 rings (SSSR count). The number of rotatable bonds is 6. The van der Waals surface area contributed by atoms with E-state index in [4.69, 9.17) is 23.1 Å². The number of benzene rings is 3. The highest BCUT2D eigenvalue weighted by Crippen LogP contribution is 2.29. The van der Waals surface area contributed by atoms with Crippen LogP contribution in [-0.2, 0) is 0 Å². The molecule has 4 aromatic rings. The Morgan fingerprint density at radius 2 is 1.70 bits per heavy atom. The molecule has 0 spiro atoms. The van der Waals surface area contributed by atoms with Gasteiger partial charge in [0.2, 0.25) is 5.91 Å². The second-order valence-electron chi connectivity index (χ2n) is 9.48. The van der Waals surface area contributed by atoms with Crippen LogP contribution in [0, 0.1) is 5.82 Å². The number of carbonyl (C=O) groups is 3. The summed E-state index contributed by atoms with van der Waals surface area (Å²) < 4.78 is 13.4. The number of hydrogen-bond donors (Lipinski definition) is 3. The third kappa shape index (κ3) is 5.50. The molecule has 3 amide bonds. The summed E-state index contributed by atoms with van der Waals surface area (Å²) in [6.45, 7) is 0.794. The van der Waals surface area contributed by atoms with Crippen LogP contribution in [0.2, 0.25) is 5.02 Å². The summed E-state index contributed by atoms with van der Waals surface area (Å²) in [7, 11) is 0. The number of amides is 3. The van der Waals surface area contributed by atoms with Gasteiger partial charge < -0.3 is 21.7 Å². The van der Waals surface area contributed by atoms with Gasteiger partial charge in [-0.1, -0.05) is 41.9 Å². The Bertz CT molecular complexity index is 1630. The average Bonchev–Trinajstić information content (AvgIpc) is 3.41. The van der Waals surface area contributed by atoms with Crippen LogP contribution in [0.25, 0.3) is 22.3 Å². The number of pyridine rings is 1. The first kappa shape index (κ1) is 26.8. The fourth-order valence-corrected chi connectivity index (χ4v) is 5.05. The van der Waals surface area contributed by atoms with Crippen LogP contribution in [0.4, 0.5) is 10.2 Å². The molecule has 1 atom stereocenters. The van der Waals surface area contributed by atoms with Gasteiger partial charge in [-0.2, -0.15) is 0 Å². The van der Waals surface area contributed by atoms with Crippen molar-refractivity contribution in [2.24, 2.45) is 5.73 Å². The maximum absolute atomic E-state index is 13.4. The van der Waals surface area contributed by atoms with Gasteiger partial charge in [-0.25, -0.2) is 9.37 Å². The van der Waals surface area contributed by atoms with Crippen LogP contribution in [-0.4, -0.2) is 46.7 Å². The average molecular weight is 558 g/mol. The SMILES string of the molecule is NC(=O)c1ccccc1-c1cnc(N)c(C(=O)N[C@@H]2CCN(C(=O)c3ccc(-c4ccc(F)cc4Cl)cc3)C2)c1. The molecular weight excluding hydrogens is 533 g/mol. The number of hydrogen-bond acceptors (Lipinski definition) is 5. The molecule has 3 aromatic carbocycles. The summed E-state index contributed by atoms with van der Waals surface area (Å²) in [5.41, 5.74) is 15.0. The third-order valence-electron chi connectivity index (χ3n) is 6.85. The van der Waals surface area contributed by atoms with Gasteiger partial charge in [0.1, 0.15) is 11.6 Å². The Labute approximate surface area is 234 Å². The second kappa shape index (κ2) is 11.2. The van der Waals surface area contributed by atoms with Gasteiger partial charge in [0.25, 0.3) is 11.8 Å². The van der Waals surface area contributed by atoms with Gasteiger partial charge in [-0.3, -0.25) is 14.4 Å². The topological polar surface area (TPSA) is 131 Å². The molecule has 8 nitrogen and oxygen atoms in total. The largest absolute Gasteiger partial charge is 0.383 e. The number of nitrogen functional groups attached to an aromatic ring is 1. The number of likely N-dealkylation sites (tertiary alicyclic amines) is 1. The summed E-state index contributed by atoms with van der Waals surface area (Å²) in [6.07, 6.45) is 2.05. The molecular formula is C30H25ClFN5O3. The first-order valence-corrected chi connectivity index (χ1v) is 12.9. The Balaban J connectivity index is 1.26. The number of aromatic nitrogens is 1. The van der Waals surface area contributed by atoms with Crippen molar-refractivity contribution in [1.82, 2.24) is 15.2 Å². The van der Waals surface area contributed by atoms with Crippen LogP contribution in [0.15, 0.2) is 79.0 Å². The summed E-state index contributed by atoms with van der Waals surface area (Å²) >= 11 is 6.16. The number of nitrogens with zero attached hydrogens (tertiary/aromatic N) is 2. The molecule has 10 heteroatoms. The van der Waals surface area contributed by atoms with Gasteiger partial charge in [-0.15, -0.1) is 0 Å². The van der Waals surface area contributed by atoms with E-state index in [1.165, 1.54) is 18.3 Å². The molecule has 1 saturated heterocycles. The molecule has 0 bridgehead atoms. The fourth-order valence-electron chi connectivity index (χ4n) is 4.78. The van der Waals surface area contributed by atoms with E-state index in [1.807, 2.05) is 0 Å². The maximum atomic E-state index is 13.4. The van der Waals surface area contributed by atoms with Crippen molar-refractivity contribution in [2.45, 2.75) is 12.5 Å². The van der Waals surface area contributed by atoms with Crippen molar-refractivity contribution in [2.75, 3.05) is 18.8 Å². The lowest BCUT2D eigenvalue weighted by Gasteiger charge is -2.18. The smallest absolute Gasteiger partial charge is 0.255 e.